The number of anilines is 2. The fourth-order valence-electron chi connectivity index (χ4n) is 2.89. The van der Waals surface area contributed by atoms with Gasteiger partial charge in [0, 0.05) is 13.6 Å². The van der Waals surface area contributed by atoms with E-state index in [1.54, 1.807) is 18.2 Å². The lowest BCUT2D eigenvalue weighted by atomic mass is 10.1. The van der Waals surface area contributed by atoms with Crippen molar-refractivity contribution in [1.29, 1.82) is 0 Å². The van der Waals surface area contributed by atoms with Crippen LogP contribution in [0.25, 0.3) is 0 Å². The van der Waals surface area contributed by atoms with Crippen LogP contribution in [-0.2, 0) is 10.0 Å². The quantitative estimate of drug-likeness (QED) is 0.710. The summed E-state index contributed by atoms with van der Waals surface area (Å²) in [6, 6.07) is 9.56. The van der Waals surface area contributed by atoms with Gasteiger partial charge in [0.1, 0.15) is 0 Å². The first-order valence-corrected chi connectivity index (χ1v) is 10.3. The van der Waals surface area contributed by atoms with E-state index in [1.165, 1.54) is 12.1 Å². The van der Waals surface area contributed by atoms with Crippen LogP contribution in [0.15, 0.2) is 41.3 Å². The zero-order valence-electron chi connectivity index (χ0n) is 16.1. The summed E-state index contributed by atoms with van der Waals surface area (Å²) in [5, 5.41) is 9.28. The van der Waals surface area contributed by atoms with Gasteiger partial charge in [-0.15, -0.1) is 0 Å². The fraction of sp³-hybridized carbons (Fsp3) is 0.350. The third kappa shape index (κ3) is 5.23. The summed E-state index contributed by atoms with van der Waals surface area (Å²) in [4.78, 5) is 13.4. The SMILES string of the molecule is CCCCN(C)c1ccc(C(=O)O)cc1NS(=O)(=O)c1cc(C)cc(C)c1. The molecule has 0 amide bonds. The number of aryl methyl sites for hydroxylation is 2. The number of unbranched alkanes of at least 4 members (excludes halogenated alkanes) is 1. The molecule has 0 radical (unpaired) electrons. The lowest BCUT2D eigenvalue weighted by molar-refractivity contribution is 0.0697. The molecular formula is C20H26N2O4S. The highest BCUT2D eigenvalue weighted by molar-refractivity contribution is 7.92. The molecular weight excluding hydrogens is 364 g/mol. The van der Waals surface area contributed by atoms with Gasteiger partial charge in [-0.2, -0.15) is 0 Å². The Labute approximate surface area is 160 Å². The predicted octanol–water partition coefficient (Wildman–Crippen LogP) is 4.04. The van der Waals surface area contributed by atoms with E-state index in [0.29, 0.717) is 5.69 Å². The minimum absolute atomic E-state index is 0.0285. The molecule has 27 heavy (non-hydrogen) atoms. The molecule has 2 aromatic rings. The second-order valence-electron chi connectivity index (χ2n) is 6.74. The molecule has 0 atom stereocenters. The van der Waals surface area contributed by atoms with Crippen LogP contribution >= 0.6 is 0 Å². The molecule has 0 aliphatic carbocycles. The standard InChI is InChI=1S/C20H26N2O4S/c1-5-6-9-22(4)19-8-7-16(20(23)24)13-18(19)21-27(25,26)17-11-14(2)10-15(3)12-17/h7-8,10-13,21H,5-6,9H2,1-4H3,(H,23,24). The van der Waals surface area contributed by atoms with Crippen molar-refractivity contribution in [2.24, 2.45) is 0 Å². The molecule has 146 valence electrons. The molecule has 2 N–H and O–H groups in total. The highest BCUT2D eigenvalue weighted by Crippen LogP contribution is 2.29. The number of aromatic carboxylic acids is 1. The van der Waals surface area contributed by atoms with Crippen molar-refractivity contribution < 1.29 is 18.3 Å². The van der Waals surface area contributed by atoms with Crippen molar-refractivity contribution >= 4 is 27.4 Å². The van der Waals surface area contributed by atoms with Gasteiger partial charge >= 0.3 is 5.97 Å². The number of benzene rings is 2. The Morgan fingerprint density at radius 1 is 1.11 bits per heavy atom. The maximum absolute atomic E-state index is 12.9. The first-order chi connectivity index (χ1) is 12.6. The minimum Gasteiger partial charge on any atom is -0.478 e. The van der Waals surface area contributed by atoms with Crippen LogP contribution in [0.4, 0.5) is 11.4 Å². The number of hydrogen-bond acceptors (Lipinski definition) is 4. The van der Waals surface area contributed by atoms with Crippen molar-refractivity contribution in [3.63, 3.8) is 0 Å². The number of carbonyl (C=O) groups is 1. The second kappa shape index (κ2) is 8.43. The Kier molecular flexibility index (Phi) is 6.49. The number of nitrogens with one attached hydrogen (secondary N) is 1. The van der Waals surface area contributed by atoms with Gasteiger partial charge in [0.15, 0.2) is 0 Å². The summed E-state index contributed by atoms with van der Waals surface area (Å²) in [6.45, 7) is 6.48. The highest BCUT2D eigenvalue weighted by atomic mass is 32.2. The van der Waals surface area contributed by atoms with Crippen LogP contribution in [0.5, 0.6) is 0 Å². The molecule has 0 saturated heterocycles. The monoisotopic (exact) mass is 390 g/mol. The molecule has 0 aromatic heterocycles. The molecule has 2 aromatic carbocycles. The van der Waals surface area contributed by atoms with Gasteiger partial charge in [0.2, 0.25) is 0 Å². The molecule has 0 spiro atoms. The number of sulfonamides is 1. The van der Waals surface area contributed by atoms with Crippen molar-refractivity contribution in [2.45, 2.75) is 38.5 Å². The maximum Gasteiger partial charge on any atom is 0.335 e. The van der Waals surface area contributed by atoms with Gasteiger partial charge < -0.3 is 10.0 Å². The van der Waals surface area contributed by atoms with E-state index in [-0.39, 0.29) is 16.1 Å². The van der Waals surface area contributed by atoms with Crippen LogP contribution in [0.2, 0.25) is 0 Å². The molecule has 0 saturated carbocycles. The average molecular weight is 391 g/mol. The highest BCUT2D eigenvalue weighted by Gasteiger charge is 2.19. The molecule has 0 aliphatic rings. The zero-order valence-corrected chi connectivity index (χ0v) is 16.9. The van der Waals surface area contributed by atoms with E-state index < -0.39 is 16.0 Å². The second-order valence-corrected chi connectivity index (χ2v) is 8.42. The molecule has 0 fully saturated rings. The normalized spacial score (nSPS) is 11.3. The van der Waals surface area contributed by atoms with Gasteiger partial charge in [0.25, 0.3) is 10.0 Å². The molecule has 0 unspecified atom stereocenters. The molecule has 0 heterocycles. The number of hydrogen-bond donors (Lipinski definition) is 2. The summed E-state index contributed by atoms with van der Waals surface area (Å²) in [6.07, 6.45) is 1.95. The van der Waals surface area contributed by atoms with E-state index in [4.69, 9.17) is 0 Å². The van der Waals surface area contributed by atoms with Crippen LogP contribution in [0.3, 0.4) is 0 Å². The molecule has 2 rings (SSSR count). The van der Waals surface area contributed by atoms with Gasteiger partial charge in [-0.1, -0.05) is 19.4 Å². The molecule has 0 aliphatic heterocycles. The smallest absolute Gasteiger partial charge is 0.335 e. The van der Waals surface area contributed by atoms with Gasteiger partial charge in [-0.25, -0.2) is 13.2 Å². The van der Waals surface area contributed by atoms with Crippen LogP contribution in [0.1, 0.15) is 41.3 Å². The number of carboxylic acid groups (broad SMARTS) is 1. The Balaban J connectivity index is 2.47. The fourth-order valence-corrected chi connectivity index (χ4v) is 4.14. The van der Waals surface area contributed by atoms with Crippen LogP contribution in [-0.4, -0.2) is 33.1 Å². The summed E-state index contributed by atoms with van der Waals surface area (Å²) >= 11 is 0. The van der Waals surface area contributed by atoms with Crippen molar-refractivity contribution in [1.82, 2.24) is 0 Å². The van der Waals surface area contributed by atoms with Crippen LogP contribution < -0.4 is 9.62 Å². The number of rotatable bonds is 8. The van der Waals surface area contributed by atoms with Gasteiger partial charge in [0.05, 0.1) is 21.8 Å². The minimum atomic E-state index is -3.85. The van der Waals surface area contributed by atoms with Gasteiger partial charge in [-0.3, -0.25) is 4.72 Å². The van der Waals surface area contributed by atoms with Crippen molar-refractivity contribution in [3.8, 4) is 0 Å². The third-order valence-corrected chi connectivity index (χ3v) is 5.60. The maximum atomic E-state index is 12.9. The van der Waals surface area contributed by atoms with Gasteiger partial charge in [-0.05, 0) is 61.7 Å². The summed E-state index contributed by atoms with van der Waals surface area (Å²) in [5.41, 5.74) is 2.61. The number of carboxylic acids is 1. The van der Waals surface area contributed by atoms with E-state index in [2.05, 4.69) is 11.6 Å². The van der Waals surface area contributed by atoms with E-state index >= 15 is 0 Å². The first-order valence-electron chi connectivity index (χ1n) is 8.83. The zero-order chi connectivity index (χ0) is 20.2. The Morgan fingerprint density at radius 2 is 1.74 bits per heavy atom. The van der Waals surface area contributed by atoms with E-state index in [0.717, 1.165) is 30.5 Å². The van der Waals surface area contributed by atoms with Crippen LogP contribution in [0, 0.1) is 13.8 Å². The topological polar surface area (TPSA) is 86.7 Å². The molecule has 7 heteroatoms. The number of nitrogens with zero attached hydrogens (tertiary/aromatic N) is 1. The van der Waals surface area contributed by atoms with Crippen molar-refractivity contribution in [2.75, 3.05) is 23.2 Å². The summed E-state index contributed by atoms with van der Waals surface area (Å²) < 4.78 is 28.4. The van der Waals surface area contributed by atoms with E-state index in [1.807, 2.05) is 31.9 Å². The molecule has 6 nitrogen and oxygen atoms in total. The molecule has 0 bridgehead atoms. The largest absolute Gasteiger partial charge is 0.478 e. The lowest BCUT2D eigenvalue weighted by Gasteiger charge is -2.23. The average Bonchev–Trinajstić information content (AvgIpc) is 2.58. The predicted molar refractivity (Wildman–Crippen MR) is 108 cm³/mol. The lowest BCUT2D eigenvalue weighted by Crippen LogP contribution is -2.22. The Bertz CT molecular complexity index is 919. The first kappa shape index (κ1) is 20.8. The van der Waals surface area contributed by atoms with E-state index in [9.17, 15) is 18.3 Å². The third-order valence-electron chi connectivity index (χ3n) is 4.25. The summed E-state index contributed by atoms with van der Waals surface area (Å²) in [5.74, 6) is -1.11. The summed E-state index contributed by atoms with van der Waals surface area (Å²) in [7, 11) is -1.99. The van der Waals surface area contributed by atoms with Crippen molar-refractivity contribution in [3.05, 3.63) is 53.1 Å². The Morgan fingerprint density at radius 3 is 2.30 bits per heavy atom. The Hall–Kier alpha value is -2.54.